The molecule has 0 saturated heterocycles. The van der Waals surface area contributed by atoms with Gasteiger partial charge in [-0.05, 0) is 0 Å². The molecule has 5 unspecified atom stereocenters. The van der Waals surface area contributed by atoms with E-state index in [1.807, 2.05) is 0 Å². The summed E-state index contributed by atoms with van der Waals surface area (Å²) in [5.74, 6) is 2.11. The second kappa shape index (κ2) is 10.7. The van der Waals surface area contributed by atoms with Gasteiger partial charge in [-0.3, -0.25) is 0 Å². The zero-order valence-electron chi connectivity index (χ0n) is 16.1. The van der Waals surface area contributed by atoms with Gasteiger partial charge < -0.3 is 37.2 Å². The molecule has 1 fully saturated rings. The van der Waals surface area contributed by atoms with Gasteiger partial charge in [0.25, 0.3) is 0 Å². The van der Waals surface area contributed by atoms with Crippen LogP contribution in [-0.4, -0.2) is 8.07 Å². The van der Waals surface area contributed by atoms with E-state index < -0.39 is 8.07 Å². The van der Waals surface area contributed by atoms with Crippen molar-refractivity contribution in [2.24, 2.45) is 17.8 Å². The number of fused-ring (bicyclic) bond motifs is 1. The van der Waals surface area contributed by atoms with E-state index in [-0.39, 0.29) is 37.2 Å². The number of halogens is 3. The summed E-state index contributed by atoms with van der Waals surface area (Å²) < 4.78 is 0.746. The molecule has 0 amide bonds. The fraction of sp³-hybridized carbons (Fsp3) is 0.304. The molecule has 5 heteroatoms. The summed E-state index contributed by atoms with van der Waals surface area (Å²) in [7, 11) is -1.87. The Morgan fingerprint density at radius 2 is 1.14 bits per heavy atom. The first kappa shape index (κ1) is 25.8. The maximum Gasteiger partial charge on any atom is -1.00 e. The third-order valence-electron chi connectivity index (χ3n) is 6.60. The van der Waals surface area contributed by atoms with Gasteiger partial charge in [-0.1, -0.05) is 0 Å². The van der Waals surface area contributed by atoms with E-state index in [2.05, 4.69) is 119 Å². The van der Waals surface area contributed by atoms with E-state index in [0.29, 0.717) is 11.8 Å². The third-order valence-corrected chi connectivity index (χ3v) is 13.3. The van der Waals surface area contributed by atoms with Crippen LogP contribution in [0.2, 0.25) is 16.3 Å². The van der Waals surface area contributed by atoms with Crippen LogP contribution in [0.15, 0.2) is 85.0 Å². The zero-order valence-corrected chi connectivity index (χ0v) is 20.9. The van der Waals surface area contributed by atoms with Gasteiger partial charge >= 0.3 is 165 Å². The fourth-order valence-corrected chi connectivity index (χ4v) is 11.7. The number of hydrogen-bond donors (Lipinski definition) is 0. The van der Waals surface area contributed by atoms with Gasteiger partial charge in [0.05, 0.1) is 0 Å². The predicted octanol–water partition coefficient (Wildman–Crippen LogP) is -4.39. The second-order valence-electron chi connectivity index (χ2n) is 7.77. The largest absolute Gasteiger partial charge is 1.00 e. The third kappa shape index (κ3) is 4.26. The van der Waals surface area contributed by atoms with Crippen LogP contribution in [-0.2, 0) is 20.4 Å². The van der Waals surface area contributed by atoms with E-state index in [0.717, 1.165) is 15.7 Å². The molecule has 0 aromatic heterocycles. The molecule has 4 rings (SSSR count). The molecule has 0 radical (unpaired) electrons. The van der Waals surface area contributed by atoms with Gasteiger partial charge in [0, 0.05) is 0 Å². The average molecular weight is 484 g/mol. The Labute approximate surface area is 200 Å². The van der Waals surface area contributed by atoms with Crippen LogP contribution in [0, 0.1) is 17.8 Å². The fourth-order valence-electron chi connectivity index (χ4n) is 5.32. The molecule has 5 atom stereocenters. The molecule has 146 valence electrons. The van der Waals surface area contributed by atoms with Gasteiger partial charge in [0.1, 0.15) is 0 Å². The van der Waals surface area contributed by atoms with Gasteiger partial charge in [-0.15, -0.1) is 0 Å². The summed E-state index contributed by atoms with van der Waals surface area (Å²) in [6.45, 7) is 5.12. The first-order valence-corrected chi connectivity index (χ1v) is 12.8. The molecule has 0 heterocycles. The molecular formula is C23H25Cl3SiTi. The van der Waals surface area contributed by atoms with E-state index in [1.54, 1.807) is 10.4 Å². The standard InChI is InChI=1S/C23H25Si.3ClH.Ti/c1-18-17-19-11-9-10-16-22(19)23(18)24(2,20-12-5-3-6-13-20)21-14-7-4-8-15-21;;;;/h3-19,22-23H,1-2H3;3*1H;/q;;;;+3/p-3. The minimum Gasteiger partial charge on any atom is -1.00 e. The normalized spacial score (nSPS) is 27.8. The van der Waals surface area contributed by atoms with Crippen molar-refractivity contribution in [3.8, 4) is 0 Å². The summed E-state index contributed by atoms with van der Waals surface area (Å²) in [5, 5.41) is 3.16. The van der Waals surface area contributed by atoms with Crippen molar-refractivity contribution in [3.05, 3.63) is 85.0 Å². The van der Waals surface area contributed by atoms with Crippen LogP contribution in [0.25, 0.3) is 0 Å². The minimum atomic E-state index is -1.87. The molecule has 2 aromatic carbocycles. The minimum absolute atomic E-state index is 0. The predicted molar refractivity (Wildman–Crippen MR) is 106 cm³/mol. The Balaban J connectivity index is 0.00000131. The summed E-state index contributed by atoms with van der Waals surface area (Å²) in [4.78, 5) is 0. The van der Waals surface area contributed by atoms with E-state index >= 15 is 0 Å². The Bertz CT molecular complexity index is 755. The van der Waals surface area contributed by atoms with Gasteiger partial charge in [-0.25, -0.2) is 0 Å². The van der Waals surface area contributed by atoms with Crippen molar-refractivity contribution in [2.75, 3.05) is 0 Å². The summed E-state index contributed by atoms with van der Waals surface area (Å²) >= 11 is 2.47. The molecule has 0 spiro atoms. The van der Waals surface area contributed by atoms with Crippen molar-refractivity contribution < 1.29 is 57.7 Å². The summed E-state index contributed by atoms with van der Waals surface area (Å²) in [6.07, 6.45) is 9.52. The SMILES string of the molecule is CC1[CH]([Ti+3])C2C=CC=CC2C1[Si](C)(c1ccccc1)c1ccccc1.[Cl-].[Cl-].[Cl-]. The van der Waals surface area contributed by atoms with Gasteiger partial charge in [-0.2, -0.15) is 0 Å². The maximum absolute atomic E-state index is 2.61. The van der Waals surface area contributed by atoms with Crippen LogP contribution in [0.1, 0.15) is 6.92 Å². The van der Waals surface area contributed by atoms with E-state index in [1.165, 1.54) is 0 Å². The van der Waals surface area contributed by atoms with Crippen molar-refractivity contribution in [2.45, 2.75) is 23.2 Å². The molecule has 1 saturated carbocycles. The quantitative estimate of drug-likeness (QED) is 0.387. The van der Waals surface area contributed by atoms with Crippen LogP contribution in [0.4, 0.5) is 0 Å². The molecule has 28 heavy (non-hydrogen) atoms. The van der Waals surface area contributed by atoms with Gasteiger partial charge in [0.2, 0.25) is 0 Å². The molecular weight excluding hydrogens is 459 g/mol. The summed E-state index contributed by atoms with van der Waals surface area (Å²) in [6, 6.07) is 22.7. The monoisotopic (exact) mass is 482 g/mol. The topological polar surface area (TPSA) is 0 Å². The molecule has 0 N–H and O–H groups in total. The van der Waals surface area contributed by atoms with Crippen LogP contribution < -0.4 is 47.6 Å². The Kier molecular flexibility index (Phi) is 9.81. The van der Waals surface area contributed by atoms with Crippen LogP contribution in [0.3, 0.4) is 0 Å². The maximum atomic E-state index is 2.61. The molecule has 2 aliphatic rings. The second-order valence-corrected chi connectivity index (χ2v) is 13.0. The zero-order chi connectivity index (χ0) is 17.4. The summed E-state index contributed by atoms with van der Waals surface area (Å²) in [5.41, 5.74) is 0.735. The molecule has 0 nitrogen and oxygen atoms in total. The van der Waals surface area contributed by atoms with Crippen molar-refractivity contribution in [3.63, 3.8) is 0 Å². The van der Waals surface area contributed by atoms with Crippen molar-refractivity contribution in [1.29, 1.82) is 0 Å². The van der Waals surface area contributed by atoms with Gasteiger partial charge in [0.15, 0.2) is 0 Å². The molecule has 2 aromatic rings. The average Bonchev–Trinajstić information content (AvgIpc) is 2.94. The number of allylic oxidation sites excluding steroid dienone is 4. The van der Waals surface area contributed by atoms with E-state index in [9.17, 15) is 0 Å². The van der Waals surface area contributed by atoms with Crippen LogP contribution >= 0.6 is 0 Å². The number of benzene rings is 2. The Hall–Kier alpha value is -0.279. The van der Waals surface area contributed by atoms with Crippen molar-refractivity contribution in [1.82, 2.24) is 0 Å². The Morgan fingerprint density at radius 3 is 1.61 bits per heavy atom. The first-order valence-electron chi connectivity index (χ1n) is 9.31. The first-order chi connectivity index (χ1) is 12.1. The smallest absolute Gasteiger partial charge is 1.00 e. The molecule has 0 aliphatic heterocycles. The molecule has 0 bridgehead atoms. The Morgan fingerprint density at radius 1 is 0.714 bits per heavy atom. The van der Waals surface area contributed by atoms with E-state index in [4.69, 9.17) is 0 Å². The number of rotatable bonds is 3. The van der Waals surface area contributed by atoms with Crippen molar-refractivity contribution >= 4 is 18.4 Å². The van der Waals surface area contributed by atoms with Crippen LogP contribution in [0.5, 0.6) is 0 Å². The molecule has 2 aliphatic carbocycles. The number of hydrogen-bond acceptors (Lipinski definition) is 0.